The summed E-state index contributed by atoms with van der Waals surface area (Å²) in [6.45, 7) is 0. The zero-order valence-corrected chi connectivity index (χ0v) is 11.1. The van der Waals surface area contributed by atoms with Crippen molar-refractivity contribution >= 4 is 29.1 Å². The molecule has 2 rings (SSSR count). The summed E-state index contributed by atoms with van der Waals surface area (Å²) in [6.07, 6.45) is 2.64. The first-order valence-electron chi connectivity index (χ1n) is 5.77. The van der Waals surface area contributed by atoms with Crippen molar-refractivity contribution in [1.82, 2.24) is 5.32 Å². The van der Waals surface area contributed by atoms with E-state index in [0.717, 1.165) is 19.3 Å². The van der Waals surface area contributed by atoms with E-state index in [1.54, 1.807) is 12.1 Å². The van der Waals surface area contributed by atoms with Gasteiger partial charge in [-0.25, -0.2) is 0 Å². The van der Waals surface area contributed by atoms with E-state index in [1.807, 2.05) is 0 Å². The van der Waals surface area contributed by atoms with E-state index in [2.05, 4.69) is 11.4 Å². The van der Waals surface area contributed by atoms with E-state index in [9.17, 15) is 4.79 Å². The summed E-state index contributed by atoms with van der Waals surface area (Å²) in [5.41, 5.74) is 0.354. The maximum atomic E-state index is 12.1. The molecule has 0 spiro atoms. The van der Waals surface area contributed by atoms with Crippen LogP contribution < -0.4 is 5.32 Å². The molecule has 1 aliphatic carbocycles. The van der Waals surface area contributed by atoms with Crippen molar-refractivity contribution in [1.29, 1.82) is 5.26 Å². The molecule has 1 aromatic rings. The molecule has 1 saturated carbocycles. The smallest absolute Gasteiger partial charge is 0.253 e. The van der Waals surface area contributed by atoms with Crippen molar-refractivity contribution in [2.75, 3.05) is 0 Å². The van der Waals surface area contributed by atoms with Crippen LogP contribution in [0, 0.1) is 17.2 Å². The fourth-order valence-electron chi connectivity index (χ4n) is 2.20. The number of benzene rings is 1. The summed E-state index contributed by atoms with van der Waals surface area (Å²) < 4.78 is 0. The highest BCUT2D eigenvalue weighted by atomic mass is 35.5. The Hall–Kier alpha value is -1.24. The van der Waals surface area contributed by atoms with Gasteiger partial charge < -0.3 is 5.32 Å². The molecule has 2 atom stereocenters. The number of hydrogen-bond donors (Lipinski definition) is 1. The molecule has 0 saturated heterocycles. The zero-order chi connectivity index (χ0) is 13.1. The zero-order valence-electron chi connectivity index (χ0n) is 9.62. The lowest BCUT2D eigenvalue weighted by atomic mass is 10.1. The summed E-state index contributed by atoms with van der Waals surface area (Å²) in [5, 5.41) is 12.7. The van der Waals surface area contributed by atoms with Crippen LogP contribution in [0.2, 0.25) is 10.0 Å². The minimum absolute atomic E-state index is 0.0856. The highest BCUT2D eigenvalue weighted by molar-refractivity contribution is 6.35. The molecule has 1 fully saturated rings. The second-order valence-electron chi connectivity index (χ2n) is 4.37. The largest absolute Gasteiger partial charge is 0.348 e. The number of hydrogen-bond acceptors (Lipinski definition) is 2. The van der Waals surface area contributed by atoms with Gasteiger partial charge in [-0.05, 0) is 37.5 Å². The Morgan fingerprint density at radius 3 is 2.89 bits per heavy atom. The van der Waals surface area contributed by atoms with Gasteiger partial charge in [0.05, 0.1) is 22.6 Å². The van der Waals surface area contributed by atoms with E-state index in [-0.39, 0.29) is 17.9 Å². The molecule has 94 valence electrons. The van der Waals surface area contributed by atoms with Crippen molar-refractivity contribution in [3.63, 3.8) is 0 Å². The third kappa shape index (κ3) is 2.77. The average molecular weight is 283 g/mol. The maximum Gasteiger partial charge on any atom is 0.253 e. The molecule has 2 unspecified atom stereocenters. The van der Waals surface area contributed by atoms with Gasteiger partial charge in [0.15, 0.2) is 0 Å². The lowest BCUT2D eigenvalue weighted by Crippen LogP contribution is -2.37. The Kier molecular flexibility index (Phi) is 4.11. The molecule has 1 amide bonds. The van der Waals surface area contributed by atoms with Crippen LogP contribution >= 0.6 is 23.2 Å². The molecular formula is C13H12Cl2N2O. The minimum atomic E-state index is -0.269. The van der Waals surface area contributed by atoms with Crippen LogP contribution in [-0.4, -0.2) is 11.9 Å². The molecule has 0 aliphatic heterocycles. The molecule has 0 radical (unpaired) electrons. The molecule has 3 nitrogen and oxygen atoms in total. The molecule has 0 bridgehead atoms. The average Bonchev–Trinajstić information content (AvgIpc) is 2.79. The van der Waals surface area contributed by atoms with Gasteiger partial charge in [-0.1, -0.05) is 23.2 Å². The van der Waals surface area contributed by atoms with E-state index in [0.29, 0.717) is 15.6 Å². The quantitative estimate of drug-likeness (QED) is 0.904. The van der Waals surface area contributed by atoms with Gasteiger partial charge in [0.2, 0.25) is 0 Å². The van der Waals surface area contributed by atoms with Crippen LogP contribution in [0.3, 0.4) is 0 Å². The van der Waals surface area contributed by atoms with Gasteiger partial charge in [0.1, 0.15) is 0 Å². The molecular weight excluding hydrogens is 271 g/mol. The van der Waals surface area contributed by atoms with Crippen LogP contribution in [-0.2, 0) is 0 Å². The molecule has 18 heavy (non-hydrogen) atoms. The van der Waals surface area contributed by atoms with Crippen LogP contribution in [0.4, 0.5) is 0 Å². The predicted molar refractivity (Wildman–Crippen MR) is 70.7 cm³/mol. The summed E-state index contributed by atoms with van der Waals surface area (Å²) in [6, 6.07) is 6.90. The van der Waals surface area contributed by atoms with Crippen molar-refractivity contribution in [2.45, 2.75) is 25.3 Å². The van der Waals surface area contributed by atoms with Crippen LogP contribution in [0.5, 0.6) is 0 Å². The van der Waals surface area contributed by atoms with Crippen molar-refractivity contribution in [3.8, 4) is 6.07 Å². The first-order valence-corrected chi connectivity index (χ1v) is 6.53. The minimum Gasteiger partial charge on any atom is -0.348 e. The third-order valence-corrected chi connectivity index (χ3v) is 3.74. The number of carbonyl (C=O) groups is 1. The Morgan fingerprint density at radius 1 is 1.39 bits per heavy atom. The third-order valence-electron chi connectivity index (χ3n) is 3.17. The first kappa shape index (κ1) is 13.2. The summed E-state index contributed by atoms with van der Waals surface area (Å²) in [5.74, 6) is -0.374. The fraction of sp³-hybridized carbons (Fsp3) is 0.385. The Balaban J connectivity index is 2.13. The Bertz CT molecular complexity index is 510. The van der Waals surface area contributed by atoms with Gasteiger partial charge >= 0.3 is 0 Å². The monoisotopic (exact) mass is 282 g/mol. The van der Waals surface area contributed by atoms with Crippen molar-refractivity contribution < 1.29 is 4.79 Å². The van der Waals surface area contributed by atoms with Crippen molar-refractivity contribution in [3.05, 3.63) is 33.8 Å². The first-order chi connectivity index (χ1) is 8.61. The Labute approximate surface area is 116 Å². The number of nitriles is 1. The maximum absolute atomic E-state index is 12.1. The van der Waals surface area contributed by atoms with Gasteiger partial charge in [0, 0.05) is 11.1 Å². The van der Waals surface area contributed by atoms with Crippen LogP contribution in [0.15, 0.2) is 18.2 Å². The topological polar surface area (TPSA) is 52.9 Å². The highest BCUT2D eigenvalue weighted by Crippen LogP contribution is 2.26. The van der Waals surface area contributed by atoms with Gasteiger partial charge in [-0.15, -0.1) is 0 Å². The number of nitrogens with one attached hydrogen (secondary N) is 1. The van der Waals surface area contributed by atoms with Crippen molar-refractivity contribution in [2.24, 2.45) is 5.92 Å². The second kappa shape index (κ2) is 5.60. The molecule has 1 N–H and O–H groups in total. The van der Waals surface area contributed by atoms with E-state index < -0.39 is 0 Å². The Morgan fingerprint density at radius 2 is 2.17 bits per heavy atom. The molecule has 1 aromatic carbocycles. The number of amides is 1. The van der Waals surface area contributed by atoms with Gasteiger partial charge in [0.25, 0.3) is 5.91 Å². The molecule has 0 aromatic heterocycles. The summed E-state index contributed by atoms with van der Waals surface area (Å²) in [4.78, 5) is 12.1. The van der Waals surface area contributed by atoms with Gasteiger partial charge in [-0.2, -0.15) is 5.26 Å². The fourth-order valence-corrected chi connectivity index (χ4v) is 2.58. The van der Waals surface area contributed by atoms with E-state index >= 15 is 0 Å². The lowest BCUT2D eigenvalue weighted by molar-refractivity contribution is 0.0933. The lowest BCUT2D eigenvalue weighted by Gasteiger charge is -2.16. The SMILES string of the molecule is N#CC1CCCC1NC(=O)c1cc(Cl)ccc1Cl. The second-order valence-corrected chi connectivity index (χ2v) is 5.21. The molecule has 0 heterocycles. The van der Waals surface area contributed by atoms with Gasteiger partial charge in [-0.3, -0.25) is 4.79 Å². The number of nitrogens with zero attached hydrogens (tertiary/aromatic N) is 1. The van der Waals surface area contributed by atoms with Crippen LogP contribution in [0.1, 0.15) is 29.6 Å². The number of halogens is 2. The molecule has 1 aliphatic rings. The normalized spacial score (nSPS) is 22.5. The molecule has 5 heteroatoms. The number of rotatable bonds is 2. The number of carbonyl (C=O) groups excluding carboxylic acids is 1. The highest BCUT2D eigenvalue weighted by Gasteiger charge is 2.29. The van der Waals surface area contributed by atoms with E-state index in [4.69, 9.17) is 28.5 Å². The standard InChI is InChI=1S/C13H12Cl2N2O/c14-9-4-5-11(15)10(6-9)13(18)17-12-3-1-2-8(12)7-16/h4-6,8,12H,1-3H2,(H,17,18). The van der Waals surface area contributed by atoms with Crippen LogP contribution in [0.25, 0.3) is 0 Å². The summed E-state index contributed by atoms with van der Waals surface area (Å²) in [7, 11) is 0. The van der Waals surface area contributed by atoms with E-state index in [1.165, 1.54) is 6.07 Å². The summed E-state index contributed by atoms with van der Waals surface area (Å²) >= 11 is 11.8. The predicted octanol–water partition coefficient (Wildman–Crippen LogP) is 3.42.